The summed E-state index contributed by atoms with van der Waals surface area (Å²) in [6.07, 6.45) is -6.17. The summed E-state index contributed by atoms with van der Waals surface area (Å²) in [5.41, 5.74) is 0. The third-order valence-electron chi connectivity index (χ3n) is 2.26. The van der Waals surface area contributed by atoms with E-state index in [4.69, 9.17) is 4.74 Å². The number of hydrogen-bond acceptors (Lipinski definition) is 2. The van der Waals surface area contributed by atoms with Gasteiger partial charge in [0.1, 0.15) is 0 Å². The lowest BCUT2D eigenvalue weighted by atomic mass is 10.1. The molecule has 0 fully saturated rings. The number of hydrogen-bond donors (Lipinski definition) is 1. The summed E-state index contributed by atoms with van der Waals surface area (Å²) in [7, 11) is 0. The van der Waals surface area contributed by atoms with E-state index in [9.17, 15) is 18.3 Å². The minimum Gasteiger partial charge on any atom is -0.390 e. The molecule has 5 heteroatoms. The van der Waals surface area contributed by atoms with E-state index < -0.39 is 24.5 Å². The van der Waals surface area contributed by atoms with E-state index in [1.807, 2.05) is 6.92 Å². The summed E-state index contributed by atoms with van der Waals surface area (Å²) in [5, 5.41) is 9.53. The van der Waals surface area contributed by atoms with Crippen molar-refractivity contribution in [3.63, 3.8) is 0 Å². The van der Waals surface area contributed by atoms with Gasteiger partial charge in [-0.1, -0.05) is 20.3 Å². The van der Waals surface area contributed by atoms with Crippen molar-refractivity contribution in [1.29, 1.82) is 0 Å². The van der Waals surface area contributed by atoms with Gasteiger partial charge in [-0.05, 0) is 19.8 Å². The molecule has 1 N–H and O–H groups in total. The molecular formula is C10H19F3O2. The zero-order valence-corrected chi connectivity index (χ0v) is 9.34. The summed E-state index contributed by atoms with van der Waals surface area (Å²) in [5.74, 6) is 0. The maximum absolute atomic E-state index is 12.2. The van der Waals surface area contributed by atoms with E-state index in [0.717, 1.165) is 13.3 Å². The SMILES string of the molecule is CCCC(O)C(CC)OC(C)C(F)(F)F. The molecule has 0 aliphatic heterocycles. The highest BCUT2D eigenvalue weighted by atomic mass is 19.4. The summed E-state index contributed by atoms with van der Waals surface area (Å²) < 4.78 is 41.4. The van der Waals surface area contributed by atoms with Gasteiger partial charge < -0.3 is 9.84 Å². The summed E-state index contributed by atoms with van der Waals surface area (Å²) in [6, 6.07) is 0. The molecule has 0 saturated carbocycles. The molecule has 0 aromatic carbocycles. The maximum Gasteiger partial charge on any atom is 0.414 e. The predicted molar refractivity (Wildman–Crippen MR) is 51.6 cm³/mol. The van der Waals surface area contributed by atoms with Crippen LogP contribution < -0.4 is 0 Å². The van der Waals surface area contributed by atoms with E-state index in [1.165, 1.54) is 0 Å². The number of ether oxygens (including phenoxy) is 1. The van der Waals surface area contributed by atoms with Crippen molar-refractivity contribution in [3.05, 3.63) is 0 Å². The first-order valence-corrected chi connectivity index (χ1v) is 5.23. The second-order valence-corrected chi connectivity index (χ2v) is 3.62. The summed E-state index contributed by atoms with van der Waals surface area (Å²) in [4.78, 5) is 0. The van der Waals surface area contributed by atoms with Crippen LogP contribution in [-0.2, 0) is 4.74 Å². The van der Waals surface area contributed by atoms with Crippen LogP contribution in [-0.4, -0.2) is 29.6 Å². The molecule has 3 atom stereocenters. The maximum atomic E-state index is 12.2. The Hall–Kier alpha value is -0.290. The molecule has 0 heterocycles. The molecule has 0 bridgehead atoms. The molecule has 0 spiro atoms. The molecule has 0 saturated heterocycles. The van der Waals surface area contributed by atoms with Gasteiger partial charge in [-0.25, -0.2) is 0 Å². The van der Waals surface area contributed by atoms with Crippen LogP contribution in [0.5, 0.6) is 0 Å². The lowest BCUT2D eigenvalue weighted by molar-refractivity contribution is -0.236. The fourth-order valence-corrected chi connectivity index (χ4v) is 1.28. The molecule has 0 aromatic heterocycles. The van der Waals surface area contributed by atoms with Crippen molar-refractivity contribution >= 4 is 0 Å². The van der Waals surface area contributed by atoms with Gasteiger partial charge in [-0.3, -0.25) is 0 Å². The standard InChI is InChI=1S/C10H19F3O2/c1-4-6-8(14)9(5-2)15-7(3)10(11,12)13/h7-9,14H,4-6H2,1-3H3. The van der Waals surface area contributed by atoms with Crippen molar-refractivity contribution in [2.24, 2.45) is 0 Å². The van der Waals surface area contributed by atoms with Crippen molar-refractivity contribution in [3.8, 4) is 0 Å². The van der Waals surface area contributed by atoms with Crippen LogP contribution in [0.4, 0.5) is 13.2 Å². The van der Waals surface area contributed by atoms with Gasteiger partial charge in [0.2, 0.25) is 0 Å². The molecule has 2 nitrogen and oxygen atoms in total. The molecular weight excluding hydrogens is 209 g/mol. The van der Waals surface area contributed by atoms with E-state index in [-0.39, 0.29) is 0 Å². The highest BCUT2D eigenvalue weighted by Crippen LogP contribution is 2.25. The summed E-state index contributed by atoms with van der Waals surface area (Å²) >= 11 is 0. The second-order valence-electron chi connectivity index (χ2n) is 3.62. The van der Waals surface area contributed by atoms with Gasteiger partial charge in [0.25, 0.3) is 0 Å². The third-order valence-corrected chi connectivity index (χ3v) is 2.26. The lowest BCUT2D eigenvalue weighted by Gasteiger charge is -2.26. The molecule has 15 heavy (non-hydrogen) atoms. The minimum atomic E-state index is -4.36. The lowest BCUT2D eigenvalue weighted by Crippen LogP contribution is -2.37. The predicted octanol–water partition coefficient (Wildman–Crippen LogP) is 2.89. The Kier molecular flexibility index (Phi) is 6.20. The smallest absolute Gasteiger partial charge is 0.390 e. The van der Waals surface area contributed by atoms with Crippen LogP contribution in [0.2, 0.25) is 0 Å². The van der Waals surface area contributed by atoms with E-state index >= 15 is 0 Å². The molecule has 0 aliphatic rings. The second kappa shape index (κ2) is 6.33. The van der Waals surface area contributed by atoms with Crippen molar-refractivity contribution < 1.29 is 23.0 Å². The Morgan fingerprint density at radius 1 is 1.27 bits per heavy atom. The number of alkyl halides is 3. The highest BCUT2D eigenvalue weighted by molar-refractivity contribution is 4.71. The van der Waals surface area contributed by atoms with Crippen LogP contribution in [0.1, 0.15) is 40.0 Å². The molecule has 0 rings (SSSR count). The topological polar surface area (TPSA) is 29.5 Å². The Bertz CT molecular complexity index is 171. The average Bonchev–Trinajstić information content (AvgIpc) is 2.12. The van der Waals surface area contributed by atoms with Crippen molar-refractivity contribution in [2.45, 2.75) is 64.5 Å². The Morgan fingerprint density at radius 2 is 1.80 bits per heavy atom. The molecule has 0 aromatic rings. The number of halogens is 3. The molecule has 0 aliphatic carbocycles. The van der Waals surface area contributed by atoms with Gasteiger partial charge in [-0.2, -0.15) is 13.2 Å². The first-order chi connectivity index (χ1) is 6.82. The van der Waals surface area contributed by atoms with Gasteiger partial charge in [0.15, 0.2) is 6.10 Å². The van der Waals surface area contributed by atoms with Gasteiger partial charge in [0, 0.05) is 0 Å². The fraction of sp³-hybridized carbons (Fsp3) is 1.00. The number of rotatable bonds is 6. The fourth-order valence-electron chi connectivity index (χ4n) is 1.28. The number of aliphatic hydroxyl groups excluding tert-OH is 1. The van der Waals surface area contributed by atoms with Crippen LogP contribution in [0.25, 0.3) is 0 Å². The normalized spacial score (nSPS) is 18.6. The van der Waals surface area contributed by atoms with E-state index in [2.05, 4.69) is 0 Å². The first-order valence-electron chi connectivity index (χ1n) is 5.23. The quantitative estimate of drug-likeness (QED) is 0.757. The summed E-state index contributed by atoms with van der Waals surface area (Å²) in [6.45, 7) is 4.52. The van der Waals surface area contributed by atoms with E-state index in [0.29, 0.717) is 12.8 Å². The van der Waals surface area contributed by atoms with Gasteiger partial charge >= 0.3 is 6.18 Å². The minimum absolute atomic E-state index is 0.377. The average molecular weight is 228 g/mol. The van der Waals surface area contributed by atoms with Crippen molar-refractivity contribution in [2.75, 3.05) is 0 Å². The Morgan fingerprint density at radius 3 is 2.13 bits per heavy atom. The van der Waals surface area contributed by atoms with Crippen LogP contribution in [0, 0.1) is 0 Å². The Labute approximate surface area is 88.4 Å². The van der Waals surface area contributed by atoms with Crippen molar-refractivity contribution in [1.82, 2.24) is 0 Å². The molecule has 92 valence electrons. The van der Waals surface area contributed by atoms with Crippen LogP contribution >= 0.6 is 0 Å². The zero-order valence-electron chi connectivity index (χ0n) is 9.34. The molecule has 0 radical (unpaired) electrons. The zero-order chi connectivity index (χ0) is 12.1. The van der Waals surface area contributed by atoms with Gasteiger partial charge in [-0.15, -0.1) is 0 Å². The molecule has 3 unspecified atom stereocenters. The van der Waals surface area contributed by atoms with Gasteiger partial charge in [0.05, 0.1) is 12.2 Å². The Balaban J connectivity index is 4.20. The monoisotopic (exact) mass is 228 g/mol. The highest BCUT2D eigenvalue weighted by Gasteiger charge is 2.39. The third kappa shape index (κ3) is 5.37. The molecule has 0 amide bonds. The van der Waals surface area contributed by atoms with Crippen LogP contribution in [0.15, 0.2) is 0 Å². The first kappa shape index (κ1) is 14.7. The largest absolute Gasteiger partial charge is 0.414 e. The number of aliphatic hydroxyl groups is 1. The van der Waals surface area contributed by atoms with E-state index in [1.54, 1.807) is 6.92 Å². The van der Waals surface area contributed by atoms with Crippen LogP contribution in [0.3, 0.4) is 0 Å².